The molecule has 1 aromatic rings. The molecule has 6 heteroatoms. The molecule has 0 saturated carbocycles. The number of nitrogens with zero attached hydrogens (tertiary/aromatic N) is 1. The molecule has 132 valence electrons. The molecule has 0 radical (unpaired) electrons. The number of carbonyl (C=O) groups is 2. The maximum absolute atomic E-state index is 12.7. The third kappa shape index (κ3) is 4.40. The largest absolute Gasteiger partial charge is 0.493 e. The molecule has 0 spiro atoms. The Balaban J connectivity index is 2.10. The Bertz CT molecular complexity index is 588. The Kier molecular flexibility index (Phi) is 6.46. The van der Waals surface area contributed by atoms with Crippen LogP contribution in [0.4, 0.5) is 0 Å². The topological polar surface area (TPSA) is 81.9 Å². The van der Waals surface area contributed by atoms with Crippen molar-refractivity contribution in [1.29, 1.82) is 0 Å². The van der Waals surface area contributed by atoms with Gasteiger partial charge in [0.2, 0.25) is 5.91 Å². The summed E-state index contributed by atoms with van der Waals surface area (Å²) in [5, 5.41) is 0. The average Bonchev–Trinajstić information content (AvgIpc) is 2.61. The van der Waals surface area contributed by atoms with Gasteiger partial charge in [0.05, 0.1) is 19.6 Å². The number of unbranched alkanes of at least 4 members (excludes halogenated alkanes) is 1. The second kappa shape index (κ2) is 8.57. The van der Waals surface area contributed by atoms with E-state index in [2.05, 4.69) is 6.92 Å². The van der Waals surface area contributed by atoms with E-state index >= 15 is 0 Å². The minimum absolute atomic E-state index is 0.112. The van der Waals surface area contributed by atoms with Crippen LogP contribution in [0.15, 0.2) is 18.2 Å². The van der Waals surface area contributed by atoms with Crippen molar-refractivity contribution in [1.82, 2.24) is 4.90 Å². The number of nitrogens with two attached hydrogens (primary N) is 1. The maximum atomic E-state index is 12.7. The summed E-state index contributed by atoms with van der Waals surface area (Å²) in [5.41, 5.74) is 5.91. The minimum Gasteiger partial charge on any atom is -0.493 e. The summed E-state index contributed by atoms with van der Waals surface area (Å²) in [5.74, 6) is 0.460. The molecule has 0 aliphatic carbocycles. The molecule has 1 aliphatic heterocycles. The normalized spacial score (nSPS) is 17.4. The summed E-state index contributed by atoms with van der Waals surface area (Å²) >= 11 is 0. The van der Waals surface area contributed by atoms with Crippen LogP contribution in [0.3, 0.4) is 0 Å². The lowest BCUT2D eigenvalue weighted by Gasteiger charge is -2.31. The Hall–Kier alpha value is -2.24. The standard InChI is InChI=1S/C18H26N2O4/c1-3-4-10-24-15-8-7-13(11-16(15)23-2)18(22)20-9-5-6-14(12-20)17(19)21/h7-8,11,14H,3-6,9-10,12H2,1-2H3,(H2,19,21). The number of primary amides is 1. The van der Waals surface area contributed by atoms with Crippen LogP contribution in [0.1, 0.15) is 43.0 Å². The van der Waals surface area contributed by atoms with Crippen molar-refractivity contribution in [3.8, 4) is 11.5 Å². The van der Waals surface area contributed by atoms with Crippen molar-refractivity contribution in [2.45, 2.75) is 32.6 Å². The first kappa shape index (κ1) is 18.1. The van der Waals surface area contributed by atoms with E-state index < -0.39 is 0 Å². The molecular weight excluding hydrogens is 308 g/mol. The third-order valence-electron chi connectivity index (χ3n) is 4.28. The number of ether oxygens (including phenoxy) is 2. The number of likely N-dealkylation sites (tertiary alicyclic amines) is 1. The van der Waals surface area contributed by atoms with Crippen molar-refractivity contribution >= 4 is 11.8 Å². The van der Waals surface area contributed by atoms with E-state index in [-0.39, 0.29) is 17.7 Å². The summed E-state index contributed by atoms with van der Waals surface area (Å²) < 4.78 is 11.0. The van der Waals surface area contributed by atoms with E-state index in [0.29, 0.717) is 36.8 Å². The van der Waals surface area contributed by atoms with E-state index in [1.54, 1.807) is 30.2 Å². The number of hydrogen-bond acceptors (Lipinski definition) is 4. The number of methoxy groups -OCH3 is 1. The Labute approximate surface area is 142 Å². The molecule has 1 heterocycles. The molecule has 1 aromatic carbocycles. The molecule has 2 rings (SSSR count). The highest BCUT2D eigenvalue weighted by Crippen LogP contribution is 2.29. The van der Waals surface area contributed by atoms with E-state index in [1.165, 1.54) is 0 Å². The molecule has 1 aliphatic rings. The van der Waals surface area contributed by atoms with Crippen LogP contribution in [0.5, 0.6) is 11.5 Å². The van der Waals surface area contributed by atoms with Crippen LogP contribution in [-0.4, -0.2) is 43.5 Å². The van der Waals surface area contributed by atoms with Gasteiger partial charge in [0, 0.05) is 18.7 Å². The van der Waals surface area contributed by atoms with Crippen LogP contribution in [0.25, 0.3) is 0 Å². The predicted molar refractivity (Wildman–Crippen MR) is 91.2 cm³/mol. The highest BCUT2D eigenvalue weighted by atomic mass is 16.5. The van der Waals surface area contributed by atoms with Crippen molar-refractivity contribution in [2.75, 3.05) is 26.8 Å². The highest BCUT2D eigenvalue weighted by Gasteiger charge is 2.28. The molecule has 1 unspecified atom stereocenters. The maximum Gasteiger partial charge on any atom is 0.254 e. The van der Waals surface area contributed by atoms with E-state index in [0.717, 1.165) is 25.7 Å². The number of piperidine rings is 1. The Morgan fingerprint density at radius 1 is 1.33 bits per heavy atom. The van der Waals surface area contributed by atoms with Crippen LogP contribution in [0.2, 0.25) is 0 Å². The SMILES string of the molecule is CCCCOc1ccc(C(=O)N2CCCC(C(N)=O)C2)cc1OC. The summed E-state index contributed by atoms with van der Waals surface area (Å²) in [7, 11) is 1.56. The van der Waals surface area contributed by atoms with E-state index in [4.69, 9.17) is 15.2 Å². The van der Waals surface area contributed by atoms with E-state index in [1.807, 2.05) is 0 Å². The van der Waals surface area contributed by atoms with Gasteiger partial charge in [-0.1, -0.05) is 13.3 Å². The van der Waals surface area contributed by atoms with Crippen LogP contribution >= 0.6 is 0 Å². The van der Waals surface area contributed by atoms with Gasteiger partial charge in [-0.15, -0.1) is 0 Å². The Morgan fingerprint density at radius 3 is 2.79 bits per heavy atom. The molecule has 1 fully saturated rings. The molecular formula is C18H26N2O4. The molecule has 2 amide bonds. The smallest absolute Gasteiger partial charge is 0.254 e. The van der Waals surface area contributed by atoms with Gasteiger partial charge in [0.15, 0.2) is 11.5 Å². The fourth-order valence-electron chi connectivity index (χ4n) is 2.82. The van der Waals surface area contributed by atoms with Crippen molar-refractivity contribution in [2.24, 2.45) is 11.7 Å². The molecule has 1 saturated heterocycles. The van der Waals surface area contributed by atoms with Crippen LogP contribution in [-0.2, 0) is 4.79 Å². The van der Waals surface area contributed by atoms with Gasteiger partial charge in [0.25, 0.3) is 5.91 Å². The molecule has 1 atom stereocenters. The first-order valence-corrected chi connectivity index (χ1v) is 8.46. The Morgan fingerprint density at radius 2 is 2.12 bits per heavy atom. The molecule has 0 bridgehead atoms. The molecule has 24 heavy (non-hydrogen) atoms. The van der Waals surface area contributed by atoms with Gasteiger partial charge in [-0.3, -0.25) is 9.59 Å². The van der Waals surface area contributed by atoms with Gasteiger partial charge in [0.1, 0.15) is 0 Å². The number of amides is 2. The van der Waals surface area contributed by atoms with Crippen LogP contribution in [0, 0.1) is 5.92 Å². The lowest BCUT2D eigenvalue weighted by Crippen LogP contribution is -2.44. The summed E-state index contributed by atoms with van der Waals surface area (Å²) in [6, 6.07) is 5.19. The second-order valence-corrected chi connectivity index (χ2v) is 6.06. The zero-order chi connectivity index (χ0) is 17.5. The number of hydrogen-bond donors (Lipinski definition) is 1. The molecule has 2 N–H and O–H groups in total. The summed E-state index contributed by atoms with van der Waals surface area (Å²) in [4.78, 5) is 25.7. The average molecular weight is 334 g/mol. The molecule has 0 aromatic heterocycles. The van der Waals surface area contributed by atoms with Gasteiger partial charge in [-0.25, -0.2) is 0 Å². The lowest BCUT2D eigenvalue weighted by atomic mass is 9.97. The predicted octanol–water partition coefficient (Wildman–Crippen LogP) is 2.21. The fraction of sp³-hybridized carbons (Fsp3) is 0.556. The van der Waals surface area contributed by atoms with Gasteiger partial charge in [-0.05, 0) is 37.5 Å². The number of benzene rings is 1. The summed E-state index contributed by atoms with van der Waals surface area (Å²) in [6.45, 7) is 3.73. The first-order chi connectivity index (χ1) is 11.6. The fourth-order valence-corrected chi connectivity index (χ4v) is 2.82. The van der Waals surface area contributed by atoms with Crippen LogP contribution < -0.4 is 15.2 Å². The van der Waals surface area contributed by atoms with Crippen molar-refractivity contribution in [3.63, 3.8) is 0 Å². The van der Waals surface area contributed by atoms with Gasteiger partial charge in [-0.2, -0.15) is 0 Å². The third-order valence-corrected chi connectivity index (χ3v) is 4.28. The summed E-state index contributed by atoms with van der Waals surface area (Å²) in [6.07, 6.45) is 3.54. The van der Waals surface area contributed by atoms with E-state index in [9.17, 15) is 9.59 Å². The van der Waals surface area contributed by atoms with Gasteiger partial charge < -0.3 is 20.1 Å². The van der Waals surface area contributed by atoms with Gasteiger partial charge >= 0.3 is 0 Å². The molecule has 6 nitrogen and oxygen atoms in total. The lowest BCUT2D eigenvalue weighted by molar-refractivity contribution is -0.123. The minimum atomic E-state index is -0.343. The van der Waals surface area contributed by atoms with Crippen molar-refractivity contribution < 1.29 is 19.1 Å². The monoisotopic (exact) mass is 334 g/mol. The first-order valence-electron chi connectivity index (χ1n) is 8.46. The quantitative estimate of drug-likeness (QED) is 0.775. The highest BCUT2D eigenvalue weighted by molar-refractivity contribution is 5.95. The number of rotatable bonds is 7. The number of carbonyl (C=O) groups excluding carboxylic acids is 2. The zero-order valence-corrected chi connectivity index (χ0v) is 14.4. The van der Waals surface area contributed by atoms with Crippen molar-refractivity contribution in [3.05, 3.63) is 23.8 Å². The zero-order valence-electron chi connectivity index (χ0n) is 14.4. The second-order valence-electron chi connectivity index (χ2n) is 6.06.